The normalized spacial score (nSPS) is 12.2. The minimum Gasteiger partial charge on any atom is -0.496 e. The lowest BCUT2D eigenvalue weighted by molar-refractivity contribution is 0.397. The maximum Gasteiger partial charge on any atom is 0.131 e. The highest BCUT2D eigenvalue weighted by molar-refractivity contribution is 5.37. The molecular weight excluding hydrogens is 241 g/mol. The summed E-state index contributed by atoms with van der Waals surface area (Å²) in [5.74, 6) is 0.209. The number of hydrogen-bond donors (Lipinski definition) is 1. The van der Waals surface area contributed by atoms with Crippen LogP contribution in [0.15, 0.2) is 48.5 Å². The fourth-order valence-electron chi connectivity index (χ4n) is 2.17. The van der Waals surface area contributed by atoms with Crippen LogP contribution < -0.4 is 10.5 Å². The second-order valence-electron chi connectivity index (χ2n) is 4.49. The van der Waals surface area contributed by atoms with Crippen LogP contribution >= 0.6 is 0 Å². The maximum atomic E-state index is 13.9. The average molecular weight is 259 g/mol. The van der Waals surface area contributed by atoms with Crippen LogP contribution in [0.2, 0.25) is 0 Å². The third-order valence-electron chi connectivity index (χ3n) is 3.19. The first-order valence-corrected chi connectivity index (χ1v) is 6.34. The lowest BCUT2D eigenvalue weighted by Gasteiger charge is -2.16. The Kier molecular flexibility index (Phi) is 4.53. The fourth-order valence-corrected chi connectivity index (χ4v) is 2.17. The number of nitrogens with two attached hydrogens (primary N) is 1. The van der Waals surface area contributed by atoms with E-state index in [0.29, 0.717) is 17.7 Å². The van der Waals surface area contributed by atoms with Crippen LogP contribution in [0.4, 0.5) is 4.39 Å². The van der Waals surface area contributed by atoms with E-state index in [4.69, 9.17) is 10.5 Å². The standard InChI is InChI=1S/C16H18FNO/c1-19-15-9-5-8-13(17)16(15)14(18)11-10-12-6-3-2-4-7-12/h2-9,14H,10-11,18H2,1H3. The van der Waals surface area contributed by atoms with Gasteiger partial charge in [0.1, 0.15) is 11.6 Å². The van der Waals surface area contributed by atoms with Crippen molar-refractivity contribution in [2.75, 3.05) is 7.11 Å². The van der Waals surface area contributed by atoms with Gasteiger partial charge in [-0.2, -0.15) is 0 Å². The monoisotopic (exact) mass is 259 g/mol. The van der Waals surface area contributed by atoms with E-state index in [-0.39, 0.29) is 11.9 Å². The van der Waals surface area contributed by atoms with Gasteiger partial charge in [0.2, 0.25) is 0 Å². The van der Waals surface area contributed by atoms with E-state index in [1.807, 2.05) is 30.3 Å². The lowest BCUT2D eigenvalue weighted by Crippen LogP contribution is -2.14. The van der Waals surface area contributed by atoms with Crippen LogP contribution in [0.3, 0.4) is 0 Å². The number of aryl methyl sites for hydroxylation is 1. The highest BCUT2D eigenvalue weighted by atomic mass is 19.1. The summed E-state index contributed by atoms with van der Waals surface area (Å²) in [6.45, 7) is 0. The first-order chi connectivity index (χ1) is 9.22. The molecule has 100 valence electrons. The number of hydrogen-bond acceptors (Lipinski definition) is 2. The zero-order valence-electron chi connectivity index (χ0n) is 11.0. The average Bonchev–Trinajstić information content (AvgIpc) is 2.45. The molecule has 0 fully saturated rings. The molecule has 0 heterocycles. The minimum absolute atomic E-state index is 0.306. The van der Waals surface area contributed by atoms with Crippen LogP contribution in [0.5, 0.6) is 5.75 Å². The number of methoxy groups -OCH3 is 1. The molecule has 2 aromatic rings. The Morgan fingerprint density at radius 2 is 1.84 bits per heavy atom. The predicted molar refractivity (Wildman–Crippen MR) is 74.6 cm³/mol. The number of ether oxygens (including phenoxy) is 1. The summed E-state index contributed by atoms with van der Waals surface area (Å²) < 4.78 is 19.0. The van der Waals surface area contributed by atoms with E-state index in [1.54, 1.807) is 12.1 Å². The van der Waals surface area contributed by atoms with Crippen molar-refractivity contribution in [1.29, 1.82) is 0 Å². The van der Waals surface area contributed by atoms with Gasteiger partial charge in [-0.25, -0.2) is 4.39 Å². The topological polar surface area (TPSA) is 35.2 Å². The van der Waals surface area contributed by atoms with Gasteiger partial charge < -0.3 is 10.5 Å². The van der Waals surface area contributed by atoms with E-state index in [2.05, 4.69) is 0 Å². The Morgan fingerprint density at radius 3 is 2.53 bits per heavy atom. The van der Waals surface area contributed by atoms with Gasteiger partial charge in [0, 0.05) is 11.6 Å². The van der Waals surface area contributed by atoms with Crippen molar-refractivity contribution >= 4 is 0 Å². The molecule has 0 spiro atoms. The van der Waals surface area contributed by atoms with Crippen LogP contribution in [-0.2, 0) is 6.42 Å². The summed E-state index contributed by atoms with van der Waals surface area (Å²) in [5.41, 5.74) is 7.76. The molecule has 0 aliphatic rings. The Morgan fingerprint density at radius 1 is 1.11 bits per heavy atom. The second kappa shape index (κ2) is 6.34. The molecule has 0 saturated carbocycles. The van der Waals surface area contributed by atoms with Gasteiger partial charge in [-0.3, -0.25) is 0 Å². The highest BCUT2D eigenvalue weighted by Gasteiger charge is 2.16. The molecule has 1 unspecified atom stereocenters. The van der Waals surface area contributed by atoms with E-state index in [1.165, 1.54) is 18.7 Å². The molecule has 2 aromatic carbocycles. The zero-order chi connectivity index (χ0) is 13.7. The number of halogens is 1. The first-order valence-electron chi connectivity index (χ1n) is 6.34. The summed E-state index contributed by atoms with van der Waals surface area (Å²) >= 11 is 0. The quantitative estimate of drug-likeness (QED) is 0.892. The molecule has 1 atom stereocenters. The summed E-state index contributed by atoms with van der Waals surface area (Å²) in [7, 11) is 1.53. The second-order valence-corrected chi connectivity index (χ2v) is 4.49. The minimum atomic E-state index is -0.364. The fraction of sp³-hybridized carbons (Fsp3) is 0.250. The van der Waals surface area contributed by atoms with Gasteiger partial charge in [-0.1, -0.05) is 36.4 Å². The van der Waals surface area contributed by atoms with E-state index in [9.17, 15) is 4.39 Å². The largest absolute Gasteiger partial charge is 0.496 e. The van der Waals surface area contributed by atoms with Gasteiger partial charge in [-0.05, 0) is 30.5 Å². The SMILES string of the molecule is COc1cccc(F)c1C(N)CCc1ccccc1. The Hall–Kier alpha value is -1.87. The highest BCUT2D eigenvalue weighted by Crippen LogP contribution is 2.29. The van der Waals surface area contributed by atoms with Gasteiger partial charge in [0.25, 0.3) is 0 Å². The van der Waals surface area contributed by atoms with Crippen LogP contribution in [-0.4, -0.2) is 7.11 Å². The zero-order valence-corrected chi connectivity index (χ0v) is 11.0. The summed E-state index contributed by atoms with van der Waals surface area (Å²) in [6.07, 6.45) is 1.50. The lowest BCUT2D eigenvalue weighted by atomic mass is 9.98. The summed E-state index contributed by atoms with van der Waals surface area (Å²) in [6, 6.07) is 14.5. The molecule has 2 N–H and O–H groups in total. The summed E-state index contributed by atoms with van der Waals surface area (Å²) in [4.78, 5) is 0. The maximum absolute atomic E-state index is 13.9. The molecular formula is C16H18FNO. The van der Waals surface area contributed by atoms with Gasteiger partial charge in [-0.15, -0.1) is 0 Å². The van der Waals surface area contributed by atoms with Crippen molar-refractivity contribution in [3.05, 3.63) is 65.5 Å². The van der Waals surface area contributed by atoms with Gasteiger partial charge in [0.05, 0.1) is 7.11 Å². The molecule has 0 aliphatic heterocycles. The molecule has 3 heteroatoms. The molecule has 0 aliphatic carbocycles. The Balaban J connectivity index is 2.10. The van der Waals surface area contributed by atoms with Gasteiger partial charge >= 0.3 is 0 Å². The molecule has 19 heavy (non-hydrogen) atoms. The van der Waals surface area contributed by atoms with E-state index >= 15 is 0 Å². The predicted octanol–water partition coefficient (Wildman–Crippen LogP) is 3.47. The molecule has 0 amide bonds. The number of rotatable bonds is 5. The van der Waals surface area contributed by atoms with Crippen molar-refractivity contribution in [2.24, 2.45) is 5.73 Å². The van der Waals surface area contributed by atoms with Gasteiger partial charge in [0.15, 0.2) is 0 Å². The third-order valence-corrected chi connectivity index (χ3v) is 3.19. The Labute approximate surface area is 113 Å². The van der Waals surface area contributed by atoms with E-state index in [0.717, 1.165) is 6.42 Å². The van der Waals surface area contributed by atoms with Crippen molar-refractivity contribution in [3.63, 3.8) is 0 Å². The van der Waals surface area contributed by atoms with Crippen molar-refractivity contribution in [1.82, 2.24) is 0 Å². The van der Waals surface area contributed by atoms with Crippen molar-refractivity contribution in [3.8, 4) is 5.75 Å². The Bertz CT molecular complexity index is 528. The van der Waals surface area contributed by atoms with Crippen LogP contribution in [0.25, 0.3) is 0 Å². The molecule has 0 saturated heterocycles. The van der Waals surface area contributed by atoms with Crippen LogP contribution in [0.1, 0.15) is 23.6 Å². The molecule has 0 bridgehead atoms. The third kappa shape index (κ3) is 3.32. The van der Waals surface area contributed by atoms with Crippen molar-refractivity contribution < 1.29 is 9.13 Å². The summed E-state index contributed by atoms with van der Waals surface area (Å²) in [5, 5.41) is 0. The smallest absolute Gasteiger partial charge is 0.131 e. The molecule has 0 radical (unpaired) electrons. The molecule has 2 rings (SSSR count). The number of benzene rings is 2. The van der Waals surface area contributed by atoms with Crippen LogP contribution in [0, 0.1) is 5.82 Å². The van der Waals surface area contributed by atoms with E-state index < -0.39 is 0 Å². The molecule has 2 nitrogen and oxygen atoms in total. The molecule has 0 aromatic heterocycles. The first kappa shape index (κ1) is 13.6. The van der Waals surface area contributed by atoms with Crippen molar-refractivity contribution in [2.45, 2.75) is 18.9 Å².